The summed E-state index contributed by atoms with van der Waals surface area (Å²) in [7, 11) is 0. The SMILES string of the molecule is Cc1nc2c(C3CCCCN3)cccc2[nH]1. The van der Waals surface area contributed by atoms with Gasteiger partial charge in [-0.1, -0.05) is 18.6 Å². The van der Waals surface area contributed by atoms with Crippen LogP contribution in [-0.4, -0.2) is 16.5 Å². The molecule has 1 aromatic heterocycles. The van der Waals surface area contributed by atoms with E-state index >= 15 is 0 Å². The number of nitrogens with zero attached hydrogens (tertiary/aromatic N) is 1. The number of fused-ring (bicyclic) bond motifs is 1. The van der Waals surface area contributed by atoms with Crippen molar-refractivity contribution < 1.29 is 0 Å². The molecular formula is C13H17N3. The van der Waals surface area contributed by atoms with Crippen LogP contribution >= 0.6 is 0 Å². The lowest BCUT2D eigenvalue weighted by molar-refractivity contribution is 0.414. The van der Waals surface area contributed by atoms with Gasteiger partial charge in [0.05, 0.1) is 11.0 Å². The molecule has 84 valence electrons. The number of hydrogen-bond donors (Lipinski definition) is 2. The number of piperidine rings is 1. The highest BCUT2D eigenvalue weighted by Crippen LogP contribution is 2.28. The fourth-order valence-corrected chi connectivity index (χ4v) is 2.58. The van der Waals surface area contributed by atoms with Crippen LogP contribution in [0.25, 0.3) is 11.0 Å². The molecule has 16 heavy (non-hydrogen) atoms. The van der Waals surface area contributed by atoms with Crippen LogP contribution in [0.1, 0.15) is 36.7 Å². The second kappa shape index (κ2) is 3.91. The maximum atomic E-state index is 4.59. The molecular weight excluding hydrogens is 198 g/mol. The first-order chi connectivity index (χ1) is 7.84. The van der Waals surface area contributed by atoms with Gasteiger partial charge in [0, 0.05) is 6.04 Å². The molecule has 1 saturated heterocycles. The van der Waals surface area contributed by atoms with Gasteiger partial charge in [-0.15, -0.1) is 0 Å². The minimum absolute atomic E-state index is 0.486. The lowest BCUT2D eigenvalue weighted by Gasteiger charge is -2.23. The molecule has 0 aliphatic carbocycles. The van der Waals surface area contributed by atoms with Gasteiger partial charge in [-0.2, -0.15) is 0 Å². The first-order valence-electron chi connectivity index (χ1n) is 6.03. The van der Waals surface area contributed by atoms with Gasteiger partial charge < -0.3 is 10.3 Å². The lowest BCUT2D eigenvalue weighted by Crippen LogP contribution is -2.26. The zero-order valence-electron chi connectivity index (χ0n) is 9.59. The molecule has 3 nitrogen and oxygen atoms in total. The van der Waals surface area contributed by atoms with Crippen LogP contribution in [-0.2, 0) is 0 Å². The third-order valence-electron chi connectivity index (χ3n) is 3.35. The van der Waals surface area contributed by atoms with Gasteiger partial charge in [0.15, 0.2) is 0 Å². The Morgan fingerprint density at radius 3 is 3.06 bits per heavy atom. The van der Waals surface area contributed by atoms with Crippen LogP contribution in [0.3, 0.4) is 0 Å². The molecule has 0 bridgehead atoms. The highest BCUT2D eigenvalue weighted by atomic mass is 14.9. The zero-order valence-corrected chi connectivity index (χ0v) is 9.59. The van der Waals surface area contributed by atoms with E-state index in [4.69, 9.17) is 0 Å². The molecule has 1 fully saturated rings. The van der Waals surface area contributed by atoms with E-state index in [1.807, 2.05) is 6.92 Å². The number of aromatic nitrogens is 2. The Labute approximate surface area is 95.3 Å². The van der Waals surface area contributed by atoms with Crippen molar-refractivity contribution in [3.8, 4) is 0 Å². The van der Waals surface area contributed by atoms with E-state index in [0.29, 0.717) is 6.04 Å². The second-order valence-corrected chi connectivity index (χ2v) is 4.57. The summed E-state index contributed by atoms with van der Waals surface area (Å²) in [5.41, 5.74) is 3.64. The highest BCUT2D eigenvalue weighted by Gasteiger charge is 2.18. The third kappa shape index (κ3) is 1.61. The number of nitrogens with one attached hydrogen (secondary N) is 2. The maximum absolute atomic E-state index is 4.59. The van der Waals surface area contributed by atoms with Gasteiger partial charge in [0.2, 0.25) is 0 Å². The quantitative estimate of drug-likeness (QED) is 0.768. The fourth-order valence-electron chi connectivity index (χ4n) is 2.58. The number of benzene rings is 1. The first kappa shape index (κ1) is 9.85. The summed E-state index contributed by atoms with van der Waals surface area (Å²) >= 11 is 0. The van der Waals surface area contributed by atoms with Gasteiger partial charge in [-0.25, -0.2) is 4.98 Å². The summed E-state index contributed by atoms with van der Waals surface area (Å²) in [5.74, 6) is 0.998. The Bertz CT molecular complexity index is 495. The highest BCUT2D eigenvalue weighted by molar-refractivity contribution is 5.79. The van der Waals surface area contributed by atoms with Crippen LogP contribution < -0.4 is 5.32 Å². The van der Waals surface area contributed by atoms with E-state index in [1.54, 1.807) is 0 Å². The fraction of sp³-hybridized carbons (Fsp3) is 0.462. The molecule has 0 amide bonds. The maximum Gasteiger partial charge on any atom is 0.104 e. The minimum atomic E-state index is 0.486. The summed E-state index contributed by atoms with van der Waals surface area (Å²) in [5, 5.41) is 3.58. The van der Waals surface area contributed by atoms with E-state index < -0.39 is 0 Å². The molecule has 2 N–H and O–H groups in total. The summed E-state index contributed by atoms with van der Waals surface area (Å²) < 4.78 is 0. The molecule has 0 saturated carbocycles. The number of H-pyrrole nitrogens is 1. The van der Waals surface area contributed by atoms with Crippen LogP contribution in [0.2, 0.25) is 0 Å². The Balaban J connectivity index is 2.07. The van der Waals surface area contributed by atoms with Crippen molar-refractivity contribution in [2.45, 2.75) is 32.2 Å². The monoisotopic (exact) mass is 215 g/mol. The van der Waals surface area contributed by atoms with Crippen LogP contribution in [0.15, 0.2) is 18.2 Å². The smallest absolute Gasteiger partial charge is 0.104 e. The number of hydrogen-bond acceptors (Lipinski definition) is 2. The second-order valence-electron chi connectivity index (χ2n) is 4.57. The average molecular weight is 215 g/mol. The van der Waals surface area contributed by atoms with E-state index in [2.05, 4.69) is 33.5 Å². The molecule has 2 aromatic rings. The zero-order chi connectivity index (χ0) is 11.0. The number of para-hydroxylation sites is 1. The Morgan fingerprint density at radius 2 is 2.25 bits per heavy atom. The first-order valence-corrected chi connectivity index (χ1v) is 6.03. The Kier molecular flexibility index (Phi) is 2.40. The summed E-state index contributed by atoms with van der Waals surface area (Å²) in [4.78, 5) is 7.89. The van der Waals surface area contributed by atoms with Gasteiger partial charge >= 0.3 is 0 Å². The van der Waals surface area contributed by atoms with Crippen molar-refractivity contribution >= 4 is 11.0 Å². The summed E-state index contributed by atoms with van der Waals surface area (Å²) in [6.07, 6.45) is 3.84. The van der Waals surface area contributed by atoms with Gasteiger partial charge in [0.1, 0.15) is 5.82 Å². The standard InChI is InChI=1S/C13H17N3/c1-9-15-12-7-4-5-10(13(12)16-9)11-6-2-3-8-14-11/h4-5,7,11,14H,2-3,6,8H2,1H3,(H,15,16). The molecule has 1 atom stereocenters. The topological polar surface area (TPSA) is 40.7 Å². The lowest BCUT2D eigenvalue weighted by atomic mass is 9.96. The number of imidazole rings is 1. The minimum Gasteiger partial charge on any atom is -0.342 e. The largest absolute Gasteiger partial charge is 0.342 e. The van der Waals surface area contributed by atoms with Crippen molar-refractivity contribution in [3.05, 3.63) is 29.6 Å². The number of aromatic amines is 1. The Morgan fingerprint density at radius 1 is 1.31 bits per heavy atom. The molecule has 1 aromatic carbocycles. The molecule has 3 heteroatoms. The van der Waals surface area contributed by atoms with Crippen molar-refractivity contribution in [1.82, 2.24) is 15.3 Å². The summed E-state index contributed by atoms with van der Waals surface area (Å²) in [6.45, 7) is 3.14. The van der Waals surface area contributed by atoms with Gasteiger partial charge in [0.25, 0.3) is 0 Å². The van der Waals surface area contributed by atoms with Crippen LogP contribution in [0.5, 0.6) is 0 Å². The number of aryl methyl sites for hydroxylation is 1. The van der Waals surface area contributed by atoms with Crippen molar-refractivity contribution in [2.75, 3.05) is 6.54 Å². The van der Waals surface area contributed by atoms with E-state index in [0.717, 1.165) is 23.4 Å². The molecule has 0 radical (unpaired) electrons. The van der Waals surface area contributed by atoms with Gasteiger partial charge in [-0.3, -0.25) is 0 Å². The number of rotatable bonds is 1. The Hall–Kier alpha value is -1.35. The van der Waals surface area contributed by atoms with Crippen LogP contribution in [0, 0.1) is 6.92 Å². The van der Waals surface area contributed by atoms with Crippen molar-refractivity contribution in [2.24, 2.45) is 0 Å². The summed E-state index contributed by atoms with van der Waals surface area (Å²) in [6, 6.07) is 6.90. The predicted molar refractivity (Wildman–Crippen MR) is 65.4 cm³/mol. The molecule has 1 aliphatic heterocycles. The molecule has 3 rings (SSSR count). The molecule has 0 spiro atoms. The molecule has 1 unspecified atom stereocenters. The van der Waals surface area contributed by atoms with Crippen molar-refractivity contribution in [3.63, 3.8) is 0 Å². The van der Waals surface area contributed by atoms with Crippen LogP contribution in [0.4, 0.5) is 0 Å². The average Bonchev–Trinajstić information content (AvgIpc) is 2.70. The van der Waals surface area contributed by atoms with E-state index in [-0.39, 0.29) is 0 Å². The normalized spacial score (nSPS) is 21.4. The van der Waals surface area contributed by atoms with Gasteiger partial charge in [-0.05, 0) is 37.9 Å². The molecule has 1 aliphatic rings. The predicted octanol–water partition coefficient (Wildman–Crippen LogP) is 2.69. The van der Waals surface area contributed by atoms with Crippen molar-refractivity contribution in [1.29, 1.82) is 0 Å². The third-order valence-corrected chi connectivity index (χ3v) is 3.35. The van der Waals surface area contributed by atoms with E-state index in [1.165, 1.54) is 24.8 Å². The van der Waals surface area contributed by atoms with E-state index in [9.17, 15) is 0 Å². The molecule has 2 heterocycles.